The summed E-state index contributed by atoms with van der Waals surface area (Å²) in [7, 11) is 0. The first kappa shape index (κ1) is 20.4. The minimum absolute atomic E-state index is 0.248. The fraction of sp³-hybridized carbons (Fsp3) is 0.158. The molecule has 3 aromatic rings. The minimum Gasteiger partial charge on any atom is -0.461 e. The van der Waals surface area contributed by atoms with Crippen LogP contribution in [0.15, 0.2) is 46.9 Å². The van der Waals surface area contributed by atoms with E-state index in [1.807, 2.05) is 24.3 Å². The summed E-state index contributed by atoms with van der Waals surface area (Å²) in [6, 6.07) is 12.9. The lowest BCUT2D eigenvalue weighted by atomic mass is 10.1. The molecule has 0 fully saturated rings. The Kier molecular flexibility index (Phi) is 6.63. The predicted octanol–water partition coefficient (Wildman–Crippen LogP) is 6.68. The standard InChI is InChI=1S/C19H14Br2Cl2N2O2/c1-2-27-19(26)17-14(10-20)18(11-3-5-12(21)6-4-11)25(24-17)16-8-7-13(22)9-15(16)23/h3-9H,2,10H2,1H3. The summed E-state index contributed by atoms with van der Waals surface area (Å²) < 4.78 is 7.79. The van der Waals surface area contributed by atoms with Gasteiger partial charge in [-0.15, -0.1) is 0 Å². The molecule has 0 atom stereocenters. The van der Waals surface area contributed by atoms with Crippen LogP contribution in [0.25, 0.3) is 16.9 Å². The van der Waals surface area contributed by atoms with Gasteiger partial charge in [0, 0.05) is 26.0 Å². The highest BCUT2D eigenvalue weighted by Crippen LogP contribution is 2.34. The van der Waals surface area contributed by atoms with Gasteiger partial charge in [0.2, 0.25) is 0 Å². The number of aromatic nitrogens is 2. The Hall–Kier alpha value is -1.34. The van der Waals surface area contributed by atoms with Gasteiger partial charge in [0.15, 0.2) is 5.69 Å². The monoisotopic (exact) mass is 530 g/mol. The maximum atomic E-state index is 12.5. The van der Waals surface area contributed by atoms with Crippen molar-refractivity contribution in [3.05, 3.63) is 68.2 Å². The lowest BCUT2D eigenvalue weighted by Crippen LogP contribution is -2.08. The smallest absolute Gasteiger partial charge is 0.359 e. The first-order chi connectivity index (χ1) is 13.0. The molecule has 0 amide bonds. The van der Waals surface area contributed by atoms with Crippen molar-refractivity contribution >= 4 is 61.0 Å². The van der Waals surface area contributed by atoms with Gasteiger partial charge in [0.1, 0.15) is 0 Å². The van der Waals surface area contributed by atoms with E-state index in [1.165, 1.54) is 0 Å². The maximum absolute atomic E-state index is 12.5. The van der Waals surface area contributed by atoms with E-state index >= 15 is 0 Å². The molecule has 0 aliphatic heterocycles. The number of halogens is 4. The van der Waals surface area contributed by atoms with Crippen molar-refractivity contribution in [3.63, 3.8) is 0 Å². The summed E-state index contributed by atoms with van der Waals surface area (Å²) in [5, 5.41) is 5.91. The summed E-state index contributed by atoms with van der Waals surface area (Å²) >= 11 is 19.4. The third-order valence-electron chi connectivity index (χ3n) is 3.84. The molecule has 2 aromatic carbocycles. The average Bonchev–Trinajstić information content (AvgIpc) is 3.02. The van der Waals surface area contributed by atoms with Crippen molar-refractivity contribution in [1.29, 1.82) is 0 Å². The largest absolute Gasteiger partial charge is 0.461 e. The number of alkyl halides is 1. The highest BCUT2D eigenvalue weighted by atomic mass is 79.9. The number of hydrogen-bond acceptors (Lipinski definition) is 3. The van der Waals surface area contributed by atoms with Crippen molar-refractivity contribution in [3.8, 4) is 16.9 Å². The lowest BCUT2D eigenvalue weighted by Gasteiger charge is -2.11. The Morgan fingerprint density at radius 2 is 1.89 bits per heavy atom. The van der Waals surface area contributed by atoms with E-state index in [2.05, 4.69) is 37.0 Å². The van der Waals surface area contributed by atoms with Crippen molar-refractivity contribution in [2.45, 2.75) is 12.3 Å². The van der Waals surface area contributed by atoms with E-state index < -0.39 is 5.97 Å². The van der Waals surface area contributed by atoms with E-state index in [-0.39, 0.29) is 12.3 Å². The molecular weight excluding hydrogens is 519 g/mol. The Labute approximate surface area is 183 Å². The summed E-state index contributed by atoms with van der Waals surface area (Å²) in [5.74, 6) is -0.478. The molecule has 1 heterocycles. The van der Waals surface area contributed by atoms with Crippen LogP contribution in [-0.4, -0.2) is 22.4 Å². The lowest BCUT2D eigenvalue weighted by molar-refractivity contribution is 0.0518. The van der Waals surface area contributed by atoms with E-state index in [4.69, 9.17) is 27.9 Å². The number of rotatable bonds is 5. The quantitative estimate of drug-likeness (QED) is 0.272. The molecule has 0 radical (unpaired) electrons. The molecule has 0 aliphatic carbocycles. The molecular formula is C19H14Br2Cl2N2O2. The van der Waals surface area contributed by atoms with E-state index in [9.17, 15) is 4.79 Å². The zero-order valence-electron chi connectivity index (χ0n) is 14.2. The second-order valence-corrected chi connectivity index (χ2v) is 7.86. The zero-order valence-corrected chi connectivity index (χ0v) is 18.9. The van der Waals surface area contributed by atoms with Gasteiger partial charge < -0.3 is 4.74 Å². The molecule has 1 aromatic heterocycles. The van der Waals surface area contributed by atoms with Crippen LogP contribution in [0.2, 0.25) is 10.0 Å². The summed E-state index contributed by atoms with van der Waals surface area (Å²) in [6.07, 6.45) is 0. The van der Waals surface area contributed by atoms with E-state index in [0.29, 0.717) is 21.1 Å². The fourth-order valence-corrected chi connectivity index (χ4v) is 3.96. The first-order valence-electron chi connectivity index (χ1n) is 8.02. The molecule has 27 heavy (non-hydrogen) atoms. The van der Waals surface area contributed by atoms with Crippen molar-refractivity contribution in [1.82, 2.24) is 9.78 Å². The number of nitrogens with zero attached hydrogens (tertiary/aromatic N) is 2. The van der Waals surface area contributed by atoms with Gasteiger partial charge >= 0.3 is 5.97 Å². The number of carbonyl (C=O) groups excluding carboxylic acids is 1. The molecule has 4 nitrogen and oxygen atoms in total. The van der Waals surface area contributed by atoms with Crippen LogP contribution in [0, 0.1) is 0 Å². The van der Waals surface area contributed by atoms with Crippen molar-refractivity contribution in [2.75, 3.05) is 6.61 Å². The van der Waals surface area contributed by atoms with Crippen LogP contribution < -0.4 is 0 Å². The Bertz CT molecular complexity index is 988. The average molecular weight is 533 g/mol. The highest BCUT2D eigenvalue weighted by Gasteiger charge is 2.25. The van der Waals surface area contributed by atoms with Crippen LogP contribution in [0.4, 0.5) is 0 Å². The van der Waals surface area contributed by atoms with Gasteiger partial charge in [0.05, 0.1) is 23.0 Å². The van der Waals surface area contributed by atoms with Crippen LogP contribution in [-0.2, 0) is 10.1 Å². The van der Waals surface area contributed by atoms with Crippen LogP contribution in [0.1, 0.15) is 23.0 Å². The summed E-state index contributed by atoms with van der Waals surface area (Å²) in [4.78, 5) is 12.5. The molecule has 0 unspecified atom stereocenters. The Morgan fingerprint density at radius 3 is 2.48 bits per heavy atom. The first-order valence-corrected chi connectivity index (χ1v) is 10.7. The van der Waals surface area contributed by atoms with Gasteiger partial charge in [-0.05, 0) is 37.3 Å². The molecule has 0 saturated heterocycles. The Morgan fingerprint density at radius 1 is 1.19 bits per heavy atom. The second kappa shape index (κ2) is 8.78. The normalized spacial score (nSPS) is 10.9. The van der Waals surface area contributed by atoms with Gasteiger partial charge in [-0.1, -0.05) is 67.2 Å². The van der Waals surface area contributed by atoms with E-state index in [0.717, 1.165) is 21.3 Å². The maximum Gasteiger partial charge on any atom is 0.359 e. The number of benzene rings is 2. The molecule has 0 saturated carbocycles. The van der Waals surface area contributed by atoms with Gasteiger partial charge in [-0.25, -0.2) is 9.48 Å². The van der Waals surface area contributed by atoms with Crippen LogP contribution in [0.5, 0.6) is 0 Å². The molecule has 0 N–H and O–H groups in total. The SMILES string of the molecule is CCOC(=O)c1nn(-c2ccc(Cl)cc2Cl)c(-c2ccc(Br)cc2)c1CBr. The second-order valence-electron chi connectivity index (χ2n) is 5.54. The predicted molar refractivity (Wildman–Crippen MR) is 115 cm³/mol. The van der Waals surface area contributed by atoms with Crippen molar-refractivity contribution in [2.24, 2.45) is 0 Å². The summed E-state index contributed by atoms with van der Waals surface area (Å²) in [6.45, 7) is 2.02. The number of ether oxygens (including phenoxy) is 1. The van der Waals surface area contributed by atoms with Gasteiger partial charge in [0.25, 0.3) is 0 Å². The Balaban J connectivity index is 2.30. The molecule has 3 rings (SSSR count). The highest BCUT2D eigenvalue weighted by molar-refractivity contribution is 9.10. The molecule has 0 bridgehead atoms. The number of esters is 1. The third kappa shape index (κ3) is 4.24. The number of carbonyl (C=O) groups is 1. The van der Waals surface area contributed by atoms with Gasteiger partial charge in [-0.2, -0.15) is 5.10 Å². The fourth-order valence-electron chi connectivity index (χ4n) is 2.67. The van der Waals surface area contributed by atoms with Crippen LogP contribution >= 0.6 is 55.1 Å². The molecule has 8 heteroatoms. The zero-order chi connectivity index (χ0) is 19.6. The summed E-state index contributed by atoms with van der Waals surface area (Å²) in [5.41, 5.74) is 3.24. The molecule has 0 spiro atoms. The number of hydrogen-bond donors (Lipinski definition) is 0. The van der Waals surface area contributed by atoms with Gasteiger partial charge in [-0.3, -0.25) is 0 Å². The molecule has 0 aliphatic rings. The third-order valence-corrected chi connectivity index (χ3v) is 5.47. The van der Waals surface area contributed by atoms with Crippen LogP contribution in [0.3, 0.4) is 0 Å². The minimum atomic E-state index is -0.478. The molecule has 140 valence electrons. The topological polar surface area (TPSA) is 44.1 Å². The van der Waals surface area contributed by atoms with E-state index in [1.54, 1.807) is 29.8 Å². The van der Waals surface area contributed by atoms with Crippen molar-refractivity contribution < 1.29 is 9.53 Å².